The van der Waals surface area contributed by atoms with Crippen LogP contribution in [0.2, 0.25) is 0 Å². The van der Waals surface area contributed by atoms with Gasteiger partial charge in [-0.2, -0.15) is 0 Å². The fourth-order valence-electron chi connectivity index (χ4n) is 2.97. The van der Waals surface area contributed by atoms with Crippen molar-refractivity contribution in [3.63, 3.8) is 0 Å². The molecule has 0 radical (unpaired) electrons. The van der Waals surface area contributed by atoms with Crippen LogP contribution in [0.5, 0.6) is 5.75 Å². The Hall–Kier alpha value is -2.65. The van der Waals surface area contributed by atoms with Gasteiger partial charge in [-0.05, 0) is 37.2 Å². The Morgan fingerprint density at radius 2 is 1.59 bits per heavy atom. The standard InChI is InChI=1S/C17H22N2O5.C5H12.C4H10O2.C2H6/c1-24-17(23)13-6-4-8-19(11-13)16(22)10-18-15(21)9-12-5-2-3-7-14(12)20;1-5(2,3)4;5-3-1-2-4-6;1-2/h2-3,5,7,13,20H,4,6,8-11H2,1H3,(H,18,21);1-4H3;5-6H,1-4H2;1-2H3. The number of aromatic hydroxyl groups is 1. The summed E-state index contributed by atoms with van der Waals surface area (Å²) in [7, 11) is 1.34. The number of hydrogen-bond acceptors (Lipinski definition) is 7. The maximum absolute atomic E-state index is 12.2. The van der Waals surface area contributed by atoms with Gasteiger partial charge in [-0.15, -0.1) is 0 Å². The summed E-state index contributed by atoms with van der Waals surface area (Å²) in [5.41, 5.74) is 1.01. The van der Waals surface area contributed by atoms with Crippen LogP contribution in [0.1, 0.15) is 72.8 Å². The van der Waals surface area contributed by atoms with Crippen molar-refractivity contribution in [3.05, 3.63) is 29.8 Å². The molecule has 1 heterocycles. The van der Waals surface area contributed by atoms with Gasteiger partial charge < -0.3 is 30.3 Å². The van der Waals surface area contributed by atoms with E-state index in [0.717, 1.165) is 19.3 Å². The maximum atomic E-state index is 12.2. The van der Waals surface area contributed by atoms with Gasteiger partial charge in [0.1, 0.15) is 5.75 Å². The Labute approximate surface area is 223 Å². The molecule has 0 bridgehead atoms. The third-order valence-corrected chi connectivity index (χ3v) is 4.65. The number of amides is 2. The molecule has 1 aromatic rings. The van der Waals surface area contributed by atoms with E-state index >= 15 is 0 Å². The van der Waals surface area contributed by atoms with E-state index in [4.69, 9.17) is 14.9 Å². The number of aliphatic hydroxyl groups is 2. The van der Waals surface area contributed by atoms with Crippen LogP contribution in [0.15, 0.2) is 24.3 Å². The van der Waals surface area contributed by atoms with Crippen molar-refractivity contribution in [2.45, 2.75) is 73.6 Å². The highest BCUT2D eigenvalue weighted by atomic mass is 16.5. The van der Waals surface area contributed by atoms with Gasteiger partial charge in [0.25, 0.3) is 0 Å². The number of unbranched alkanes of at least 4 members (excludes halogenated alkanes) is 1. The van der Waals surface area contributed by atoms with E-state index in [2.05, 4.69) is 33.0 Å². The van der Waals surface area contributed by atoms with E-state index in [1.165, 1.54) is 13.2 Å². The normalized spacial score (nSPS) is 14.4. The monoisotopic (exact) mass is 526 g/mol. The maximum Gasteiger partial charge on any atom is 0.310 e. The number of aliphatic hydroxyl groups excluding tert-OH is 2. The first-order valence-corrected chi connectivity index (χ1v) is 13.0. The third-order valence-electron chi connectivity index (χ3n) is 4.65. The molecule has 1 unspecified atom stereocenters. The van der Waals surface area contributed by atoms with Crippen LogP contribution in [-0.2, 0) is 25.5 Å². The van der Waals surface area contributed by atoms with Gasteiger partial charge >= 0.3 is 5.97 Å². The number of carbonyl (C=O) groups excluding carboxylic acids is 3. The van der Waals surface area contributed by atoms with Crippen LogP contribution in [0, 0.1) is 11.3 Å². The minimum atomic E-state index is -0.341. The molecule has 1 aliphatic rings. The van der Waals surface area contributed by atoms with Gasteiger partial charge in [0.15, 0.2) is 0 Å². The number of ether oxygens (including phenoxy) is 1. The largest absolute Gasteiger partial charge is 0.508 e. The van der Waals surface area contributed by atoms with Crippen LogP contribution in [0.3, 0.4) is 0 Å². The highest BCUT2D eigenvalue weighted by Gasteiger charge is 2.28. The van der Waals surface area contributed by atoms with E-state index in [1.54, 1.807) is 23.1 Å². The SMILES string of the molecule is CC.CC(C)(C)C.COC(=O)C1CCCN(C(=O)CNC(=O)Cc2ccccc2O)C1.OCCCCO. The van der Waals surface area contributed by atoms with Crippen molar-refractivity contribution >= 4 is 17.8 Å². The third kappa shape index (κ3) is 20.1. The van der Waals surface area contributed by atoms with Crippen molar-refractivity contribution in [2.75, 3.05) is 40.0 Å². The number of hydrogen-bond donors (Lipinski definition) is 4. The lowest BCUT2D eigenvalue weighted by Crippen LogP contribution is -2.46. The first-order chi connectivity index (χ1) is 17.4. The number of phenols is 1. The second kappa shape index (κ2) is 21.4. The average molecular weight is 527 g/mol. The molecule has 2 amide bonds. The summed E-state index contributed by atoms with van der Waals surface area (Å²) in [5, 5.41) is 28.4. The summed E-state index contributed by atoms with van der Waals surface area (Å²) >= 11 is 0. The zero-order valence-corrected chi connectivity index (χ0v) is 23.9. The highest BCUT2D eigenvalue weighted by molar-refractivity contribution is 5.86. The van der Waals surface area contributed by atoms with Gasteiger partial charge in [0, 0.05) is 31.9 Å². The summed E-state index contributed by atoms with van der Waals surface area (Å²) in [6, 6.07) is 6.57. The molecule has 9 heteroatoms. The highest BCUT2D eigenvalue weighted by Crippen LogP contribution is 2.18. The molecule has 1 saturated heterocycles. The number of nitrogens with zero attached hydrogens (tertiary/aromatic N) is 1. The van der Waals surface area contributed by atoms with E-state index in [1.807, 2.05) is 13.8 Å². The Kier molecular flexibility index (Phi) is 21.2. The minimum Gasteiger partial charge on any atom is -0.508 e. The fraction of sp³-hybridized carbons (Fsp3) is 0.679. The summed E-state index contributed by atoms with van der Waals surface area (Å²) in [4.78, 5) is 37.2. The van der Waals surface area contributed by atoms with Crippen molar-refractivity contribution in [3.8, 4) is 5.75 Å². The molecule has 9 nitrogen and oxygen atoms in total. The van der Waals surface area contributed by atoms with Crippen molar-refractivity contribution in [1.82, 2.24) is 10.2 Å². The lowest BCUT2D eigenvalue weighted by Gasteiger charge is -2.31. The molecule has 1 aliphatic heterocycles. The lowest BCUT2D eigenvalue weighted by molar-refractivity contribution is -0.149. The smallest absolute Gasteiger partial charge is 0.310 e. The van der Waals surface area contributed by atoms with Crippen molar-refractivity contribution in [2.24, 2.45) is 11.3 Å². The number of esters is 1. The van der Waals surface area contributed by atoms with Crippen molar-refractivity contribution < 1.29 is 34.4 Å². The van der Waals surface area contributed by atoms with E-state index in [9.17, 15) is 19.5 Å². The van der Waals surface area contributed by atoms with Crippen LogP contribution in [0.4, 0.5) is 0 Å². The van der Waals surface area contributed by atoms with Gasteiger partial charge in [-0.25, -0.2) is 0 Å². The molecular weight excluding hydrogens is 476 g/mol. The van der Waals surface area contributed by atoms with E-state index < -0.39 is 0 Å². The van der Waals surface area contributed by atoms with Gasteiger partial charge in [0.05, 0.1) is 26.0 Å². The zero-order chi connectivity index (χ0) is 28.9. The summed E-state index contributed by atoms with van der Waals surface area (Å²) in [5.74, 6) is -1.13. The molecule has 0 saturated carbocycles. The summed E-state index contributed by atoms with van der Waals surface area (Å²) in [6.45, 7) is 13.9. The Bertz CT molecular complexity index is 753. The lowest BCUT2D eigenvalue weighted by atomic mass is 9.98. The molecule has 0 spiro atoms. The zero-order valence-electron chi connectivity index (χ0n) is 23.9. The molecule has 2 rings (SSSR count). The van der Waals surface area contributed by atoms with Crippen LogP contribution < -0.4 is 5.32 Å². The number of phenolic OH excluding ortho intramolecular Hbond substituents is 1. The van der Waals surface area contributed by atoms with Crippen LogP contribution >= 0.6 is 0 Å². The van der Waals surface area contributed by atoms with E-state index in [0.29, 0.717) is 30.5 Å². The van der Waals surface area contributed by atoms with Gasteiger partial charge in [0.2, 0.25) is 11.8 Å². The minimum absolute atomic E-state index is 0.00470. The van der Waals surface area contributed by atoms with Crippen molar-refractivity contribution in [1.29, 1.82) is 0 Å². The number of benzene rings is 1. The molecular formula is C28H50N2O7. The Balaban J connectivity index is 0. The predicted octanol–water partition coefficient (Wildman–Crippen LogP) is 3.29. The molecule has 1 fully saturated rings. The molecule has 1 atom stereocenters. The molecule has 1 aromatic carbocycles. The molecule has 0 aliphatic carbocycles. The quantitative estimate of drug-likeness (QED) is 0.301. The predicted molar refractivity (Wildman–Crippen MR) is 146 cm³/mol. The summed E-state index contributed by atoms with van der Waals surface area (Å²) < 4.78 is 4.72. The average Bonchev–Trinajstić information content (AvgIpc) is 2.87. The molecule has 0 aromatic heterocycles. The van der Waals surface area contributed by atoms with Crippen LogP contribution in [0.25, 0.3) is 0 Å². The van der Waals surface area contributed by atoms with Crippen LogP contribution in [-0.4, -0.2) is 78.0 Å². The molecule has 214 valence electrons. The van der Waals surface area contributed by atoms with Gasteiger partial charge in [-0.3, -0.25) is 14.4 Å². The Morgan fingerprint density at radius 3 is 2.08 bits per heavy atom. The fourth-order valence-corrected chi connectivity index (χ4v) is 2.97. The first-order valence-electron chi connectivity index (χ1n) is 13.0. The molecule has 37 heavy (non-hydrogen) atoms. The number of para-hydroxylation sites is 1. The summed E-state index contributed by atoms with van der Waals surface area (Å²) in [6.07, 6.45) is 2.88. The topological polar surface area (TPSA) is 136 Å². The second-order valence-electron chi connectivity index (χ2n) is 9.94. The number of nitrogens with one attached hydrogen (secondary N) is 1. The van der Waals surface area contributed by atoms with Gasteiger partial charge in [-0.1, -0.05) is 59.7 Å². The number of methoxy groups -OCH3 is 1. The number of likely N-dealkylation sites (tertiary alicyclic amines) is 1. The number of rotatable bonds is 8. The number of carbonyl (C=O) groups is 3. The molecule has 4 N–H and O–H groups in total. The number of piperidine rings is 1. The van der Waals surface area contributed by atoms with E-state index in [-0.39, 0.29) is 55.6 Å². The first kappa shape index (κ1) is 36.5. The second-order valence-corrected chi connectivity index (χ2v) is 9.94. The Morgan fingerprint density at radius 1 is 1.05 bits per heavy atom.